The second-order valence-corrected chi connectivity index (χ2v) is 6.26. The molecule has 5 heteroatoms. The molecule has 1 rings (SSSR count). The van der Waals surface area contributed by atoms with Gasteiger partial charge in [-0.15, -0.1) is 11.3 Å². The first-order valence-electron chi connectivity index (χ1n) is 7.66. The van der Waals surface area contributed by atoms with E-state index in [0.717, 1.165) is 32.4 Å². The van der Waals surface area contributed by atoms with Gasteiger partial charge in [0, 0.05) is 24.4 Å². The molecule has 0 saturated carbocycles. The second kappa shape index (κ2) is 9.75. The Morgan fingerprint density at radius 2 is 2.10 bits per heavy atom. The van der Waals surface area contributed by atoms with Crippen LogP contribution in [0.15, 0.2) is 4.99 Å². The van der Waals surface area contributed by atoms with Crippen LogP contribution < -0.4 is 11.1 Å². The van der Waals surface area contributed by atoms with E-state index in [1.165, 1.54) is 34.8 Å². The fourth-order valence-electron chi connectivity index (χ4n) is 2.01. The quantitative estimate of drug-likeness (QED) is 0.418. The van der Waals surface area contributed by atoms with E-state index in [4.69, 9.17) is 5.73 Å². The van der Waals surface area contributed by atoms with Crippen molar-refractivity contribution in [3.05, 3.63) is 15.6 Å². The summed E-state index contributed by atoms with van der Waals surface area (Å²) in [5.41, 5.74) is 7.06. The largest absolute Gasteiger partial charge is 0.370 e. The predicted octanol–water partition coefficient (Wildman–Crippen LogP) is 3.04. The Morgan fingerprint density at radius 3 is 2.75 bits per heavy atom. The summed E-state index contributed by atoms with van der Waals surface area (Å²) in [5.74, 6) is 0.561. The molecule has 0 radical (unpaired) electrons. The summed E-state index contributed by atoms with van der Waals surface area (Å²) in [6.07, 6.45) is 6.83. The number of thiazole rings is 1. The molecule has 0 aliphatic rings. The zero-order chi connectivity index (χ0) is 14.8. The van der Waals surface area contributed by atoms with Gasteiger partial charge in [0.25, 0.3) is 0 Å². The molecule has 0 amide bonds. The number of aromatic nitrogens is 1. The smallest absolute Gasteiger partial charge is 0.188 e. The van der Waals surface area contributed by atoms with Gasteiger partial charge < -0.3 is 11.1 Å². The summed E-state index contributed by atoms with van der Waals surface area (Å²) < 4.78 is 0. The second-order valence-electron chi connectivity index (χ2n) is 4.97. The molecule has 0 aromatic carbocycles. The Labute approximate surface area is 126 Å². The number of unbranched alkanes of at least 4 members (excludes halogenated alkanes) is 3. The Kier molecular flexibility index (Phi) is 8.26. The monoisotopic (exact) mass is 296 g/mol. The number of nitrogens with zero attached hydrogens (tertiary/aromatic N) is 2. The number of hydrogen-bond donors (Lipinski definition) is 2. The van der Waals surface area contributed by atoms with Crippen molar-refractivity contribution < 1.29 is 0 Å². The molecule has 0 saturated heterocycles. The predicted molar refractivity (Wildman–Crippen MR) is 88.6 cm³/mol. The van der Waals surface area contributed by atoms with Crippen molar-refractivity contribution in [2.75, 3.05) is 13.1 Å². The summed E-state index contributed by atoms with van der Waals surface area (Å²) >= 11 is 1.79. The fraction of sp³-hybridized carbons (Fsp3) is 0.733. The number of nitrogens with one attached hydrogen (secondary N) is 1. The first-order valence-corrected chi connectivity index (χ1v) is 8.48. The molecule has 0 spiro atoms. The zero-order valence-electron chi connectivity index (χ0n) is 13.0. The van der Waals surface area contributed by atoms with E-state index in [1.807, 2.05) is 0 Å². The Hall–Kier alpha value is -1.10. The molecule has 0 aliphatic heterocycles. The zero-order valence-corrected chi connectivity index (χ0v) is 13.9. The highest BCUT2D eigenvalue weighted by atomic mass is 32.1. The SMILES string of the molecule is CCCCCCN=C(N)NCCc1nc(CC)c(C)s1. The average molecular weight is 296 g/mol. The Morgan fingerprint density at radius 1 is 1.30 bits per heavy atom. The number of hydrogen-bond acceptors (Lipinski definition) is 3. The summed E-state index contributed by atoms with van der Waals surface area (Å²) in [6, 6.07) is 0. The third-order valence-corrected chi connectivity index (χ3v) is 4.28. The van der Waals surface area contributed by atoms with Crippen molar-refractivity contribution in [2.45, 2.75) is 59.3 Å². The van der Waals surface area contributed by atoms with Gasteiger partial charge in [0.15, 0.2) is 5.96 Å². The van der Waals surface area contributed by atoms with Crippen LogP contribution in [0.1, 0.15) is 55.1 Å². The maximum absolute atomic E-state index is 5.84. The van der Waals surface area contributed by atoms with E-state index < -0.39 is 0 Å². The lowest BCUT2D eigenvalue weighted by molar-refractivity contribution is 0.673. The van der Waals surface area contributed by atoms with Gasteiger partial charge in [0.1, 0.15) is 0 Å². The molecule has 0 aliphatic carbocycles. The van der Waals surface area contributed by atoms with Gasteiger partial charge in [-0.1, -0.05) is 33.1 Å². The van der Waals surface area contributed by atoms with Gasteiger partial charge in [-0.25, -0.2) is 4.98 Å². The van der Waals surface area contributed by atoms with Crippen LogP contribution in [0.5, 0.6) is 0 Å². The normalized spacial score (nSPS) is 11.8. The molecule has 0 unspecified atom stereocenters. The van der Waals surface area contributed by atoms with Crippen LogP contribution in [0.25, 0.3) is 0 Å². The molecule has 0 bridgehead atoms. The van der Waals surface area contributed by atoms with Crippen LogP contribution >= 0.6 is 11.3 Å². The first-order chi connectivity index (χ1) is 9.67. The number of aliphatic imine (C=N–C) groups is 1. The molecule has 0 fully saturated rings. The van der Waals surface area contributed by atoms with Crippen LogP contribution in [0.4, 0.5) is 0 Å². The number of guanidine groups is 1. The number of nitrogens with two attached hydrogens (primary N) is 1. The molecule has 114 valence electrons. The van der Waals surface area contributed by atoms with Crippen LogP contribution in [-0.4, -0.2) is 24.0 Å². The molecule has 20 heavy (non-hydrogen) atoms. The highest BCUT2D eigenvalue weighted by Crippen LogP contribution is 2.17. The maximum atomic E-state index is 5.84. The van der Waals surface area contributed by atoms with E-state index in [1.54, 1.807) is 11.3 Å². The lowest BCUT2D eigenvalue weighted by atomic mass is 10.2. The van der Waals surface area contributed by atoms with E-state index in [2.05, 4.69) is 36.1 Å². The molecule has 1 aromatic heterocycles. The number of rotatable bonds is 9. The molecule has 1 aromatic rings. The molecule has 0 atom stereocenters. The van der Waals surface area contributed by atoms with Gasteiger partial charge in [0.2, 0.25) is 0 Å². The van der Waals surface area contributed by atoms with Gasteiger partial charge in [-0.3, -0.25) is 4.99 Å². The lowest BCUT2D eigenvalue weighted by Gasteiger charge is -2.04. The van der Waals surface area contributed by atoms with Gasteiger partial charge in [-0.05, 0) is 19.8 Å². The molecule has 3 N–H and O–H groups in total. The van der Waals surface area contributed by atoms with Crippen LogP contribution in [0, 0.1) is 6.92 Å². The minimum absolute atomic E-state index is 0.561. The summed E-state index contributed by atoms with van der Waals surface area (Å²) in [4.78, 5) is 10.3. The van der Waals surface area contributed by atoms with Crippen LogP contribution in [-0.2, 0) is 12.8 Å². The third-order valence-electron chi connectivity index (χ3n) is 3.21. The van der Waals surface area contributed by atoms with E-state index in [-0.39, 0.29) is 0 Å². The average Bonchev–Trinajstić information content (AvgIpc) is 2.79. The summed E-state index contributed by atoms with van der Waals surface area (Å²) in [6.45, 7) is 8.13. The third kappa shape index (κ3) is 6.37. The van der Waals surface area contributed by atoms with Crippen molar-refractivity contribution in [3.8, 4) is 0 Å². The van der Waals surface area contributed by atoms with Gasteiger partial charge in [0.05, 0.1) is 10.7 Å². The standard InChI is InChI=1S/C15H28N4S/c1-4-6-7-8-10-17-15(16)18-11-9-14-19-13(5-2)12(3)20-14/h4-11H2,1-3H3,(H3,16,17,18). The topological polar surface area (TPSA) is 63.3 Å². The highest BCUT2D eigenvalue weighted by molar-refractivity contribution is 7.11. The van der Waals surface area contributed by atoms with E-state index >= 15 is 0 Å². The summed E-state index contributed by atoms with van der Waals surface area (Å²) in [5, 5.41) is 4.35. The van der Waals surface area contributed by atoms with Crippen molar-refractivity contribution >= 4 is 17.3 Å². The Bertz CT molecular complexity index is 412. The van der Waals surface area contributed by atoms with Crippen molar-refractivity contribution in [2.24, 2.45) is 10.7 Å². The first kappa shape index (κ1) is 17.0. The Balaban J connectivity index is 2.20. The van der Waals surface area contributed by atoms with Crippen LogP contribution in [0.3, 0.4) is 0 Å². The van der Waals surface area contributed by atoms with Crippen molar-refractivity contribution in [1.82, 2.24) is 10.3 Å². The molecular weight excluding hydrogens is 268 g/mol. The maximum Gasteiger partial charge on any atom is 0.188 e. The number of aryl methyl sites for hydroxylation is 2. The van der Waals surface area contributed by atoms with Gasteiger partial charge in [-0.2, -0.15) is 0 Å². The molecule has 4 nitrogen and oxygen atoms in total. The summed E-state index contributed by atoms with van der Waals surface area (Å²) in [7, 11) is 0. The fourth-order valence-corrected chi connectivity index (χ4v) is 3.04. The molecular formula is C15H28N4S. The lowest BCUT2D eigenvalue weighted by Crippen LogP contribution is -2.33. The highest BCUT2D eigenvalue weighted by Gasteiger charge is 2.05. The van der Waals surface area contributed by atoms with Gasteiger partial charge >= 0.3 is 0 Å². The minimum atomic E-state index is 0.561. The van der Waals surface area contributed by atoms with Crippen molar-refractivity contribution in [1.29, 1.82) is 0 Å². The van der Waals surface area contributed by atoms with Crippen LogP contribution in [0.2, 0.25) is 0 Å². The minimum Gasteiger partial charge on any atom is -0.370 e. The van der Waals surface area contributed by atoms with E-state index in [9.17, 15) is 0 Å². The van der Waals surface area contributed by atoms with Crippen molar-refractivity contribution in [3.63, 3.8) is 0 Å². The van der Waals surface area contributed by atoms with E-state index in [0.29, 0.717) is 5.96 Å². The molecule has 1 heterocycles.